The summed E-state index contributed by atoms with van der Waals surface area (Å²) in [6.45, 7) is 2.47. The molecular weight excluding hydrogens is 294 g/mol. The number of nitrogens with zero attached hydrogens (tertiary/aromatic N) is 2. The monoisotopic (exact) mass is 311 g/mol. The Morgan fingerprint density at radius 1 is 1.56 bits per heavy atom. The van der Waals surface area contributed by atoms with Crippen LogP contribution in [-0.2, 0) is 4.79 Å². The number of nitrogens with two attached hydrogens (primary N) is 1. The van der Waals surface area contributed by atoms with Crippen molar-refractivity contribution in [3.63, 3.8) is 0 Å². The topological polar surface area (TPSA) is 49.6 Å². The molecule has 2 atom stereocenters. The molecule has 0 unspecified atom stereocenters. The van der Waals surface area contributed by atoms with E-state index in [1.807, 2.05) is 0 Å². The van der Waals surface area contributed by atoms with Crippen molar-refractivity contribution in [2.24, 2.45) is 5.73 Å². The molecule has 1 amide bonds. The van der Waals surface area contributed by atoms with Crippen LogP contribution in [0, 0.1) is 0 Å². The Bertz CT molecular complexity index is 432. The first kappa shape index (κ1) is 12.2. The highest BCUT2D eigenvalue weighted by molar-refractivity contribution is 9.11. The highest BCUT2D eigenvalue weighted by Gasteiger charge is 2.41. The lowest BCUT2D eigenvalue weighted by Gasteiger charge is -2.47. The number of hydrogen-bond acceptors (Lipinski definition) is 3. The molecule has 3 rings (SSSR count). The minimum absolute atomic E-state index is 0.230. The maximum absolute atomic E-state index is 11.2. The molecule has 2 fully saturated rings. The molecule has 98 valence electrons. The molecule has 2 N–H and O–H groups in total. The smallest absolute Gasteiger partial charge is 0.231 e. The SMILES string of the molecule is NC(=O)CN1C[C@H]2CCCN2C2=C(Br)C=CC[C@H]21. The summed E-state index contributed by atoms with van der Waals surface area (Å²) in [6.07, 6.45) is 7.74. The molecule has 2 saturated heterocycles. The van der Waals surface area contributed by atoms with Crippen molar-refractivity contribution in [2.75, 3.05) is 19.6 Å². The highest BCUT2D eigenvalue weighted by atomic mass is 79.9. The Balaban J connectivity index is 1.93. The van der Waals surface area contributed by atoms with Gasteiger partial charge in [-0.05, 0) is 35.2 Å². The Morgan fingerprint density at radius 3 is 3.17 bits per heavy atom. The van der Waals surface area contributed by atoms with Crippen LogP contribution in [0.1, 0.15) is 19.3 Å². The number of allylic oxidation sites excluding steroid dienone is 2. The molecule has 2 heterocycles. The van der Waals surface area contributed by atoms with Crippen LogP contribution in [0.2, 0.25) is 0 Å². The van der Waals surface area contributed by atoms with E-state index in [0.717, 1.165) is 19.5 Å². The zero-order chi connectivity index (χ0) is 12.7. The van der Waals surface area contributed by atoms with E-state index >= 15 is 0 Å². The van der Waals surface area contributed by atoms with E-state index in [1.165, 1.54) is 23.0 Å². The number of carbonyl (C=O) groups is 1. The molecule has 5 heteroatoms. The molecule has 3 aliphatic rings. The van der Waals surface area contributed by atoms with E-state index in [4.69, 9.17) is 5.73 Å². The maximum atomic E-state index is 11.2. The zero-order valence-corrected chi connectivity index (χ0v) is 11.9. The Morgan fingerprint density at radius 2 is 2.39 bits per heavy atom. The number of fused-ring (bicyclic) bond motifs is 3. The molecule has 0 bridgehead atoms. The number of rotatable bonds is 2. The molecule has 1 aliphatic carbocycles. The van der Waals surface area contributed by atoms with Crippen LogP contribution in [0.4, 0.5) is 0 Å². The molecule has 0 aromatic rings. The van der Waals surface area contributed by atoms with Crippen LogP contribution in [-0.4, -0.2) is 47.4 Å². The summed E-state index contributed by atoms with van der Waals surface area (Å²) < 4.78 is 1.17. The fourth-order valence-electron chi connectivity index (χ4n) is 3.42. The highest BCUT2D eigenvalue weighted by Crippen LogP contribution is 2.38. The fraction of sp³-hybridized carbons (Fsp3) is 0.615. The van der Waals surface area contributed by atoms with Crippen LogP contribution >= 0.6 is 15.9 Å². The first-order valence-electron chi connectivity index (χ1n) is 6.52. The summed E-state index contributed by atoms with van der Waals surface area (Å²) >= 11 is 3.67. The number of primary amides is 1. The lowest BCUT2D eigenvalue weighted by atomic mass is 9.96. The third-order valence-electron chi connectivity index (χ3n) is 4.12. The fourth-order valence-corrected chi connectivity index (χ4v) is 4.10. The van der Waals surface area contributed by atoms with Gasteiger partial charge in [0, 0.05) is 29.3 Å². The molecule has 4 nitrogen and oxygen atoms in total. The van der Waals surface area contributed by atoms with Crippen molar-refractivity contribution in [2.45, 2.75) is 31.3 Å². The van der Waals surface area contributed by atoms with Gasteiger partial charge in [-0.2, -0.15) is 0 Å². The van der Waals surface area contributed by atoms with Crippen LogP contribution in [0.3, 0.4) is 0 Å². The van der Waals surface area contributed by atoms with Crippen molar-refractivity contribution < 1.29 is 4.79 Å². The molecule has 2 aliphatic heterocycles. The first-order valence-corrected chi connectivity index (χ1v) is 7.31. The van der Waals surface area contributed by atoms with Crippen molar-refractivity contribution in [1.29, 1.82) is 0 Å². The summed E-state index contributed by atoms with van der Waals surface area (Å²) in [7, 11) is 0. The van der Waals surface area contributed by atoms with Crippen molar-refractivity contribution in [1.82, 2.24) is 9.80 Å². The van der Waals surface area contributed by atoms with Gasteiger partial charge in [-0.1, -0.05) is 12.2 Å². The second kappa shape index (κ2) is 4.70. The van der Waals surface area contributed by atoms with Crippen LogP contribution < -0.4 is 5.73 Å². The molecule has 18 heavy (non-hydrogen) atoms. The predicted octanol–water partition coefficient (Wildman–Crippen LogP) is 1.19. The average Bonchev–Trinajstić information content (AvgIpc) is 2.76. The normalized spacial score (nSPS) is 31.5. The Labute approximate surface area is 116 Å². The maximum Gasteiger partial charge on any atom is 0.231 e. The first-order chi connectivity index (χ1) is 8.66. The molecule has 0 aromatic heterocycles. The summed E-state index contributed by atoms with van der Waals surface area (Å²) in [5.74, 6) is -0.230. The molecule has 0 aromatic carbocycles. The molecule has 0 spiro atoms. The number of halogens is 1. The van der Waals surface area contributed by atoms with Gasteiger partial charge < -0.3 is 10.6 Å². The van der Waals surface area contributed by atoms with Crippen LogP contribution in [0.25, 0.3) is 0 Å². The van der Waals surface area contributed by atoms with Crippen molar-refractivity contribution in [3.05, 3.63) is 22.3 Å². The quantitative estimate of drug-likeness (QED) is 0.833. The molecular formula is C13H18BrN3O. The standard InChI is InChI=1S/C13H18BrN3O/c14-10-4-1-5-11-13(10)17-6-2-3-9(17)7-16(11)8-12(15)18/h1,4,9,11H,2-3,5-8H2,(H2,15,18)/t9-,11-/m1/s1. The van der Waals surface area contributed by atoms with Gasteiger partial charge in [0.1, 0.15) is 0 Å². The van der Waals surface area contributed by atoms with Gasteiger partial charge in [0.15, 0.2) is 0 Å². The summed E-state index contributed by atoms with van der Waals surface area (Å²) in [5, 5.41) is 0. The van der Waals surface area contributed by atoms with Crippen LogP contribution in [0.5, 0.6) is 0 Å². The van der Waals surface area contributed by atoms with E-state index < -0.39 is 0 Å². The number of amides is 1. The largest absolute Gasteiger partial charge is 0.369 e. The third kappa shape index (κ3) is 1.99. The van der Waals surface area contributed by atoms with Gasteiger partial charge >= 0.3 is 0 Å². The summed E-state index contributed by atoms with van der Waals surface area (Å²) in [6, 6.07) is 0.862. The summed E-state index contributed by atoms with van der Waals surface area (Å²) in [4.78, 5) is 16.0. The number of hydrogen-bond donors (Lipinski definition) is 1. The van der Waals surface area contributed by atoms with Gasteiger partial charge in [0.2, 0.25) is 5.91 Å². The molecule has 0 saturated carbocycles. The number of carbonyl (C=O) groups excluding carboxylic acids is 1. The van der Waals surface area contributed by atoms with Gasteiger partial charge in [0.05, 0.1) is 12.6 Å². The van der Waals surface area contributed by atoms with Gasteiger partial charge in [-0.25, -0.2) is 0 Å². The number of piperazine rings is 1. The minimum Gasteiger partial charge on any atom is -0.369 e. The zero-order valence-electron chi connectivity index (χ0n) is 10.3. The van der Waals surface area contributed by atoms with E-state index in [9.17, 15) is 4.79 Å². The van der Waals surface area contributed by atoms with Gasteiger partial charge in [-0.3, -0.25) is 9.69 Å². The van der Waals surface area contributed by atoms with Crippen LogP contribution in [0.15, 0.2) is 22.3 Å². The predicted molar refractivity (Wildman–Crippen MR) is 74.0 cm³/mol. The van der Waals surface area contributed by atoms with E-state index in [1.54, 1.807) is 0 Å². The van der Waals surface area contributed by atoms with E-state index in [0.29, 0.717) is 18.6 Å². The second-order valence-electron chi connectivity index (χ2n) is 5.27. The Kier molecular flexibility index (Phi) is 3.20. The minimum atomic E-state index is -0.230. The summed E-state index contributed by atoms with van der Waals surface area (Å²) in [5.41, 5.74) is 6.73. The average molecular weight is 312 g/mol. The van der Waals surface area contributed by atoms with Crippen molar-refractivity contribution in [3.8, 4) is 0 Å². The lowest BCUT2D eigenvalue weighted by molar-refractivity contribution is -0.120. The third-order valence-corrected chi connectivity index (χ3v) is 4.79. The Hall–Kier alpha value is -0.810. The van der Waals surface area contributed by atoms with E-state index in [2.05, 4.69) is 37.9 Å². The van der Waals surface area contributed by atoms with Gasteiger partial charge in [0.25, 0.3) is 0 Å². The van der Waals surface area contributed by atoms with E-state index in [-0.39, 0.29) is 5.91 Å². The lowest BCUT2D eigenvalue weighted by Crippen LogP contribution is -2.56. The van der Waals surface area contributed by atoms with Crippen molar-refractivity contribution >= 4 is 21.8 Å². The van der Waals surface area contributed by atoms with Gasteiger partial charge in [-0.15, -0.1) is 0 Å². The second-order valence-corrected chi connectivity index (χ2v) is 6.13. The molecule has 0 radical (unpaired) electrons.